The van der Waals surface area contributed by atoms with E-state index >= 15 is 0 Å². The number of ether oxygens (including phenoxy) is 1. The van der Waals surface area contributed by atoms with Gasteiger partial charge in [-0.1, -0.05) is 25.4 Å². The molecule has 0 atom stereocenters. The highest BCUT2D eigenvalue weighted by Gasteiger charge is 2.21. The van der Waals surface area contributed by atoms with Crippen LogP contribution in [-0.4, -0.2) is 18.0 Å². The number of amides is 1. The predicted octanol–water partition coefficient (Wildman–Crippen LogP) is 5.34. The summed E-state index contributed by atoms with van der Waals surface area (Å²) >= 11 is 7.23. The van der Waals surface area contributed by atoms with E-state index in [-0.39, 0.29) is 17.9 Å². The molecule has 0 aliphatic heterocycles. The van der Waals surface area contributed by atoms with E-state index in [9.17, 15) is 9.59 Å². The van der Waals surface area contributed by atoms with Crippen LogP contribution in [-0.2, 0) is 4.74 Å². The van der Waals surface area contributed by atoms with Crippen molar-refractivity contribution in [2.45, 2.75) is 39.7 Å². The van der Waals surface area contributed by atoms with Crippen LogP contribution in [0.2, 0.25) is 5.02 Å². The zero-order valence-electron chi connectivity index (χ0n) is 14.1. The fourth-order valence-electron chi connectivity index (χ4n) is 1.99. The smallest absolute Gasteiger partial charge is 0.341 e. The van der Waals surface area contributed by atoms with Crippen LogP contribution in [0.3, 0.4) is 0 Å². The summed E-state index contributed by atoms with van der Waals surface area (Å²) in [5, 5.41) is 3.88. The third kappa shape index (κ3) is 4.58. The van der Waals surface area contributed by atoms with Crippen LogP contribution in [0.5, 0.6) is 0 Å². The molecule has 1 N–H and O–H groups in total. The van der Waals surface area contributed by atoms with Crippen molar-refractivity contribution in [1.29, 1.82) is 0 Å². The number of carbonyl (C=O) groups is 2. The van der Waals surface area contributed by atoms with E-state index in [1.54, 1.807) is 44.2 Å². The zero-order valence-corrected chi connectivity index (χ0v) is 15.6. The predicted molar refractivity (Wildman–Crippen MR) is 98.4 cm³/mol. The monoisotopic (exact) mass is 365 g/mol. The highest BCUT2D eigenvalue weighted by Crippen LogP contribution is 2.34. The number of anilines is 1. The molecule has 1 heterocycles. The van der Waals surface area contributed by atoms with Crippen LogP contribution in [0.15, 0.2) is 30.3 Å². The number of carbonyl (C=O) groups excluding carboxylic acids is 2. The lowest BCUT2D eigenvalue weighted by atomic mass is 10.1. The summed E-state index contributed by atoms with van der Waals surface area (Å²) < 4.78 is 5.27. The van der Waals surface area contributed by atoms with Crippen molar-refractivity contribution in [3.63, 3.8) is 0 Å². The Balaban J connectivity index is 2.29. The third-order valence-electron chi connectivity index (χ3n) is 3.22. The number of nitrogens with one attached hydrogen (secondary N) is 1. The Hall–Kier alpha value is -1.85. The van der Waals surface area contributed by atoms with Gasteiger partial charge in [0.05, 0.1) is 11.7 Å². The van der Waals surface area contributed by atoms with Crippen molar-refractivity contribution >= 4 is 39.8 Å². The van der Waals surface area contributed by atoms with E-state index in [2.05, 4.69) is 5.32 Å². The van der Waals surface area contributed by atoms with Gasteiger partial charge in [0.1, 0.15) is 5.00 Å². The molecule has 0 aliphatic carbocycles. The van der Waals surface area contributed by atoms with Gasteiger partial charge in [-0.2, -0.15) is 0 Å². The number of thiophene rings is 1. The lowest BCUT2D eigenvalue weighted by Gasteiger charge is -2.09. The highest BCUT2D eigenvalue weighted by molar-refractivity contribution is 7.16. The number of hydrogen-bond donors (Lipinski definition) is 1. The van der Waals surface area contributed by atoms with Crippen molar-refractivity contribution in [3.8, 4) is 0 Å². The van der Waals surface area contributed by atoms with Crippen LogP contribution in [0.25, 0.3) is 0 Å². The minimum absolute atomic E-state index is 0.222. The minimum Gasteiger partial charge on any atom is -0.459 e. The molecule has 2 rings (SSSR count). The van der Waals surface area contributed by atoms with Gasteiger partial charge in [-0.15, -0.1) is 11.3 Å². The average molecular weight is 366 g/mol. The number of benzene rings is 1. The van der Waals surface area contributed by atoms with Gasteiger partial charge in [-0.3, -0.25) is 4.79 Å². The maximum atomic E-state index is 12.4. The maximum absolute atomic E-state index is 12.4. The molecular weight excluding hydrogens is 346 g/mol. The fraction of sp³-hybridized carbons (Fsp3) is 0.333. The molecule has 0 aliphatic rings. The molecule has 24 heavy (non-hydrogen) atoms. The summed E-state index contributed by atoms with van der Waals surface area (Å²) in [6, 6.07) is 8.37. The maximum Gasteiger partial charge on any atom is 0.341 e. The molecule has 0 fully saturated rings. The first-order chi connectivity index (χ1) is 11.3. The Kier molecular flexibility index (Phi) is 6.02. The molecule has 6 heteroatoms. The van der Waals surface area contributed by atoms with Gasteiger partial charge in [0, 0.05) is 15.5 Å². The van der Waals surface area contributed by atoms with E-state index in [0.29, 0.717) is 21.2 Å². The van der Waals surface area contributed by atoms with Gasteiger partial charge < -0.3 is 10.1 Å². The van der Waals surface area contributed by atoms with E-state index in [4.69, 9.17) is 16.3 Å². The van der Waals surface area contributed by atoms with Gasteiger partial charge >= 0.3 is 5.97 Å². The first-order valence-electron chi connectivity index (χ1n) is 7.69. The summed E-state index contributed by atoms with van der Waals surface area (Å²) in [6.07, 6.45) is -0.222. The standard InChI is InChI=1S/C18H20ClNO3S/c1-10(2)15-9-14(18(22)23-11(3)4)17(24-15)20-16(21)12-5-7-13(19)8-6-12/h5-11H,1-4H3,(H,20,21). The molecule has 1 aromatic heterocycles. The largest absolute Gasteiger partial charge is 0.459 e. The SMILES string of the molecule is CC(C)OC(=O)c1cc(C(C)C)sc1NC(=O)c1ccc(Cl)cc1. The normalized spacial score (nSPS) is 11.0. The number of hydrogen-bond acceptors (Lipinski definition) is 4. The Bertz CT molecular complexity index is 735. The molecule has 0 bridgehead atoms. The quantitative estimate of drug-likeness (QED) is 0.727. The minimum atomic E-state index is -0.431. The summed E-state index contributed by atoms with van der Waals surface area (Å²) in [6.45, 7) is 7.65. The van der Waals surface area contributed by atoms with Gasteiger partial charge in [0.25, 0.3) is 5.91 Å². The van der Waals surface area contributed by atoms with Gasteiger partial charge in [-0.05, 0) is 50.1 Å². The number of esters is 1. The van der Waals surface area contributed by atoms with Crippen molar-refractivity contribution in [2.24, 2.45) is 0 Å². The number of halogens is 1. The third-order valence-corrected chi connectivity index (χ3v) is 4.82. The molecule has 2 aromatic rings. The lowest BCUT2D eigenvalue weighted by Crippen LogP contribution is -2.16. The number of rotatable bonds is 5. The second-order valence-corrected chi connectivity index (χ2v) is 7.48. The molecule has 4 nitrogen and oxygen atoms in total. The van der Waals surface area contributed by atoms with Crippen LogP contribution in [0, 0.1) is 0 Å². The van der Waals surface area contributed by atoms with Gasteiger partial charge in [0.2, 0.25) is 0 Å². The summed E-state index contributed by atoms with van der Waals surface area (Å²) in [7, 11) is 0. The topological polar surface area (TPSA) is 55.4 Å². The van der Waals surface area contributed by atoms with Crippen LogP contribution in [0.4, 0.5) is 5.00 Å². The molecule has 0 unspecified atom stereocenters. The van der Waals surface area contributed by atoms with Crippen LogP contribution in [0.1, 0.15) is 59.2 Å². The van der Waals surface area contributed by atoms with Gasteiger partial charge in [0.15, 0.2) is 0 Å². The Morgan fingerprint density at radius 3 is 2.29 bits per heavy atom. The zero-order chi connectivity index (χ0) is 17.9. The molecule has 1 aromatic carbocycles. The summed E-state index contributed by atoms with van der Waals surface area (Å²) in [5.41, 5.74) is 0.863. The molecule has 0 spiro atoms. The van der Waals surface area contributed by atoms with Crippen molar-refractivity contribution in [1.82, 2.24) is 0 Å². The molecule has 0 saturated heterocycles. The Morgan fingerprint density at radius 1 is 1.12 bits per heavy atom. The first kappa shape index (κ1) is 18.5. The fourth-order valence-corrected chi connectivity index (χ4v) is 3.16. The van der Waals surface area contributed by atoms with E-state index in [0.717, 1.165) is 4.88 Å². The molecular formula is C18H20ClNO3S. The van der Waals surface area contributed by atoms with Crippen LogP contribution < -0.4 is 5.32 Å². The van der Waals surface area contributed by atoms with Crippen molar-refractivity contribution in [3.05, 3.63) is 51.4 Å². The molecule has 128 valence electrons. The molecule has 0 radical (unpaired) electrons. The van der Waals surface area contributed by atoms with Crippen LogP contribution >= 0.6 is 22.9 Å². The Morgan fingerprint density at radius 2 is 1.75 bits per heavy atom. The average Bonchev–Trinajstić information content (AvgIpc) is 2.91. The lowest BCUT2D eigenvalue weighted by molar-refractivity contribution is 0.0379. The van der Waals surface area contributed by atoms with E-state index in [1.807, 2.05) is 13.8 Å². The summed E-state index contributed by atoms with van der Waals surface area (Å²) in [5.74, 6) is -0.469. The summed E-state index contributed by atoms with van der Waals surface area (Å²) in [4.78, 5) is 25.7. The van der Waals surface area contributed by atoms with Gasteiger partial charge in [-0.25, -0.2) is 4.79 Å². The first-order valence-corrected chi connectivity index (χ1v) is 8.89. The molecule has 0 saturated carbocycles. The second-order valence-electron chi connectivity index (χ2n) is 5.96. The van der Waals surface area contributed by atoms with E-state index in [1.165, 1.54) is 11.3 Å². The van der Waals surface area contributed by atoms with Crippen molar-refractivity contribution < 1.29 is 14.3 Å². The Labute approximate surface area is 150 Å². The van der Waals surface area contributed by atoms with Crippen molar-refractivity contribution in [2.75, 3.05) is 5.32 Å². The highest BCUT2D eigenvalue weighted by atomic mass is 35.5. The van der Waals surface area contributed by atoms with E-state index < -0.39 is 5.97 Å². The second kappa shape index (κ2) is 7.81. The molecule has 1 amide bonds.